The van der Waals surface area contributed by atoms with Gasteiger partial charge in [0.1, 0.15) is 28.9 Å². The topological polar surface area (TPSA) is 114 Å². The van der Waals surface area contributed by atoms with Crippen LogP contribution in [0.3, 0.4) is 0 Å². The number of carbonyl (C=O) groups is 1. The number of ether oxygens (including phenoxy) is 3. The molecule has 0 bridgehead atoms. The SMILES string of the molecule is CCc1ccc(S(=O)(=O)N2CCC(Oc3ccc(-c4cc(C(C)C)ccc4OC)cc3)CC2)c(C(=O)NO)c1OC. The van der Waals surface area contributed by atoms with Crippen LogP contribution in [-0.2, 0) is 16.4 Å². The average Bonchev–Trinajstić information content (AvgIpc) is 3.00. The quantitative estimate of drug-likeness (QED) is 0.243. The van der Waals surface area contributed by atoms with E-state index in [1.165, 1.54) is 23.0 Å². The van der Waals surface area contributed by atoms with Gasteiger partial charge < -0.3 is 14.2 Å². The number of hydrogen-bond acceptors (Lipinski definition) is 7. The Balaban J connectivity index is 1.47. The summed E-state index contributed by atoms with van der Waals surface area (Å²) in [6.07, 6.45) is 1.33. The van der Waals surface area contributed by atoms with Gasteiger partial charge in [0.25, 0.3) is 5.91 Å². The van der Waals surface area contributed by atoms with Crippen molar-refractivity contribution in [3.8, 4) is 28.4 Å². The largest absolute Gasteiger partial charge is 0.496 e. The third kappa shape index (κ3) is 6.34. The standard InChI is InChI=1S/C31H38N2O7S/c1-6-21-10-14-28(29(30(21)39-5)31(34)32-35)41(36,37)33-17-15-25(16-18-33)40-24-11-7-22(8-12-24)26-19-23(20(2)3)9-13-27(26)38-4/h7-14,19-20,25,35H,6,15-18H2,1-5H3,(H,32,34). The highest BCUT2D eigenvalue weighted by Crippen LogP contribution is 2.35. The second kappa shape index (κ2) is 12.9. The number of nitrogens with one attached hydrogen (secondary N) is 1. The maximum atomic E-state index is 13.6. The third-order valence-electron chi connectivity index (χ3n) is 7.49. The van der Waals surface area contributed by atoms with Crippen LogP contribution in [0.2, 0.25) is 0 Å². The summed E-state index contributed by atoms with van der Waals surface area (Å²) in [5, 5.41) is 9.30. The van der Waals surface area contributed by atoms with E-state index < -0.39 is 15.9 Å². The fraction of sp³-hybridized carbons (Fsp3) is 0.387. The molecule has 0 atom stereocenters. The summed E-state index contributed by atoms with van der Waals surface area (Å²) < 4.78 is 45.7. The second-order valence-corrected chi connectivity index (χ2v) is 12.2. The summed E-state index contributed by atoms with van der Waals surface area (Å²) in [6.45, 7) is 6.63. The number of sulfonamides is 1. The molecule has 10 heteroatoms. The van der Waals surface area contributed by atoms with Crippen molar-refractivity contribution < 1.29 is 32.6 Å². The van der Waals surface area contributed by atoms with Crippen molar-refractivity contribution in [2.45, 2.75) is 57.0 Å². The Morgan fingerprint density at radius 2 is 1.71 bits per heavy atom. The molecule has 0 saturated carbocycles. The van der Waals surface area contributed by atoms with Crippen LogP contribution in [0.5, 0.6) is 17.2 Å². The molecule has 3 aromatic carbocycles. The minimum atomic E-state index is -4.04. The van der Waals surface area contributed by atoms with E-state index in [4.69, 9.17) is 14.2 Å². The number of amides is 1. The molecular formula is C31H38N2O7S. The molecule has 41 heavy (non-hydrogen) atoms. The summed E-state index contributed by atoms with van der Waals surface area (Å²) in [7, 11) is -1.01. The summed E-state index contributed by atoms with van der Waals surface area (Å²) in [4.78, 5) is 12.3. The summed E-state index contributed by atoms with van der Waals surface area (Å²) in [6, 6.07) is 17.1. The molecule has 0 radical (unpaired) electrons. The van der Waals surface area contributed by atoms with Crippen molar-refractivity contribution in [1.82, 2.24) is 9.79 Å². The monoisotopic (exact) mass is 582 g/mol. The molecule has 1 heterocycles. The zero-order valence-electron chi connectivity index (χ0n) is 24.1. The van der Waals surface area contributed by atoms with Gasteiger partial charge in [-0.05, 0) is 72.2 Å². The predicted molar refractivity (Wildman–Crippen MR) is 157 cm³/mol. The van der Waals surface area contributed by atoms with Gasteiger partial charge in [-0.2, -0.15) is 4.31 Å². The highest BCUT2D eigenvalue weighted by atomic mass is 32.2. The Morgan fingerprint density at radius 1 is 1.02 bits per heavy atom. The normalized spacial score (nSPS) is 14.6. The molecule has 0 aliphatic carbocycles. The molecule has 4 rings (SSSR count). The molecule has 2 N–H and O–H groups in total. The van der Waals surface area contributed by atoms with Crippen LogP contribution >= 0.6 is 0 Å². The molecule has 0 spiro atoms. The lowest BCUT2D eigenvalue weighted by atomic mass is 9.96. The Labute approximate surface area is 242 Å². The van der Waals surface area contributed by atoms with Gasteiger partial charge in [0, 0.05) is 18.7 Å². The summed E-state index contributed by atoms with van der Waals surface area (Å²) >= 11 is 0. The molecular weight excluding hydrogens is 544 g/mol. The van der Waals surface area contributed by atoms with Crippen LogP contribution < -0.4 is 19.7 Å². The minimum absolute atomic E-state index is 0.135. The van der Waals surface area contributed by atoms with Crippen molar-refractivity contribution in [3.05, 3.63) is 71.3 Å². The van der Waals surface area contributed by atoms with Crippen molar-refractivity contribution in [2.24, 2.45) is 0 Å². The fourth-order valence-electron chi connectivity index (χ4n) is 5.15. The van der Waals surface area contributed by atoms with Gasteiger partial charge in [-0.3, -0.25) is 10.0 Å². The van der Waals surface area contributed by atoms with Crippen molar-refractivity contribution in [2.75, 3.05) is 27.3 Å². The zero-order chi connectivity index (χ0) is 29.7. The summed E-state index contributed by atoms with van der Waals surface area (Å²) in [5.41, 5.74) is 5.27. The number of hydroxylamine groups is 1. The molecule has 1 aliphatic rings. The number of methoxy groups -OCH3 is 2. The third-order valence-corrected chi connectivity index (χ3v) is 9.43. The number of benzene rings is 3. The van der Waals surface area contributed by atoms with Crippen molar-refractivity contribution >= 4 is 15.9 Å². The van der Waals surface area contributed by atoms with Gasteiger partial charge >= 0.3 is 0 Å². The molecule has 1 fully saturated rings. The van der Waals surface area contributed by atoms with Gasteiger partial charge in [0.05, 0.1) is 19.1 Å². The molecule has 220 valence electrons. The lowest BCUT2D eigenvalue weighted by molar-refractivity contribution is 0.0698. The van der Waals surface area contributed by atoms with E-state index in [0.717, 1.165) is 16.9 Å². The minimum Gasteiger partial charge on any atom is -0.496 e. The Hall–Kier alpha value is -3.60. The van der Waals surface area contributed by atoms with Crippen molar-refractivity contribution in [1.29, 1.82) is 0 Å². The highest BCUT2D eigenvalue weighted by molar-refractivity contribution is 7.89. The molecule has 0 unspecified atom stereocenters. The Kier molecular flexibility index (Phi) is 9.57. The van der Waals surface area contributed by atoms with Crippen molar-refractivity contribution in [3.63, 3.8) is 0 Å². The van der Waals surface area contributed by atoms with Gasteiger partial charge in [-0.15, -0.1) is 0 Å². The Morgan fingerprint density at radius 3 is 2.27 bits per heavy atom. The van der Waals surface area contributed by atoms with E-state index in [1.807, 2.05) is 37.3 Å². The van der Waals surface area contributed by atoms with Crippen LogP contribution in [0, 0.1) is 0 Å². The molecule has 0 aromatic heterocycles. The molecule has 1 saturated heterocycles. The van der Waals surface area contributed by atoms with E-state index in [0.29, 0.717) is 36.5 Å². The highest BCUT2D eigenvalue weighted by Gasteiger charge is 2.35. The Bertz CT molecular complexity index is 1480. The number of piperidine rings is 1. The van der Waals surface area contributed by atoms with E-state index in [-0.39, 0.29) is 35.4 Å². The molecule has 9 nitrogen and oxygen atoms in total. The van der Waals surface area contributed by atoms with Crippen LogP contribution in [0.25, 0.3) is 11.1 Å². The number of carbonyl (C=O) groups excluding carboxylic acids is 1. The van der Waals surface area contributed by atoms with Crippen LogP contribution in [0.15, 0.2) is 59.5 Å². The summed E-state index contributed by atoms with van der Waals surface area (Å²) in [5.74, 6) is 1.10. The molecule has 1 amide bonds. The van der Waals surface area contributed by atoms with Crippen LogP contribution in [0.1, 0.15) is 61.0 Å². The first-order valence-electron chi connectivity index (χ1n) is 13.7. The molecule has 1 aliphatic heterocycles. The van der Waals surface area contributed by atoms with Gasteiger partial charge in [-0.1, -0.05) is 45.0 Å². The second-order valence-electron chi connectivity index (χ2n) is 10.3. The average molecular weight is 583 g/mol. The predicted octanol–water partition coefficient (Wildman–Crippen LogP) is 5.41. The van der Waals surface area contributed by atoms with Crippen LogP contribution in [0.4, 0.5) is 0 Å². The van der Waals surface area contributed by atoms with Gasteiger partial charge in [0.15, 0.2) is 0 Å². The number of aryl methyl sites for hydroxylation is 1. The fourth-order valence-corrected chi connectivity index (χ4v) is 6.80. The number of rotatable bonds is 10. The smallest absolute Gasteiger partial charge is 0.279 e. The first kappa shape index (κ1) is 30.4. The zero-order valence-corrected chi connectivity index (χ0v) is 25.0. The first-order chi connectivity index (χ1) is 19.6. The maximum Gasteiger partial charge on any atom is 0.279 e. The van der Waals surface area contributed by atoms with Gasteiger partial charge in [-0.25, -0.2) is 13.9 Å². The lowest BCUT2D eigenvalue weighted by Crippen LogP contribution is -2.42. The van der Waals surface area contributed by atoms with E-state index in [9.17, 15) is 18.4 Å². The molecule has 3 aromatic rings. The van der Waals surface area contributed by atoms with Crippen LogP contribution in [-0.4, -0.2) is 57.3 Å². The number of nitrogens with zero attached hydrogens (tertiary/aromatic N) is 1. The lowest BCUT2D eigenvalue weighted by Gasteiger charge is -2.32. The van der Waals surface area contributed by atoms with E-state index in [2.05, 4.69) is 26.0 Å². The first-order valence-corrected chi connectivity index (χ1v) is 15.2. The van der Waals surface area contributed by atoms with E-state index >= 15 is 0 Å². The number of hydrogen-bond donors (Lipinski definition) is 2. The maximum absolute atomic E-state index is 13.6. The van der Waals surface area contributed by atoms with Gasteiger partial charge in [0.2, 0.25) is 10.0 Å². The van der Waals surface area contributed by atoms with E-state index in [1.54, 1.807) is 18.7 Å².